The number of rotatable bonds is 10. The molecule has 1 N–H and O–H groups in total. The normalized spacial score (nSPS) is 14.4. The van der Waals surface area contributed by atoms with Crippen molar-refractivity contribution < 1.29 is 17.9 Å². The first-order valence-electron chi connectivity index (χ1n) is 12.9. The van der Waals surface area contributed by atoms with Gasteiger partial charge in [0.25, 0.3) is 15.9 Å². The number of carbonyl (C=O) groups is 1. The lowest BCUT2D eigenvalue weighted by Gasteiger charge is -2.34. The molecule has 1 fully saturated rings. The highest BCUT2D eigenvalue weighted by Gasteiger charge is 2.23. The number of anilines is 1. The second-order valence-corrected chi connectivity index (χ2v) is 10.8. The number of benzene rings is 3. The molecule has 0 unspecified atom stereocenters. The quantitative estimate of drug-likeness (QED) is 0.353. The number of sulfonamides is 1. The maximum atomic E-state index is 13.1. The number of piperazine rings is 1. The van der Waals surface area contributed by atoms with E-state index in [2.05, 4.69) is 33.5 Å². The number of nitrogens with zero attached hydrogens (tertiary/aromatic N) is 3. The van der Waals surface area contributed by atoms with Crippen LogP contribution in [0.2, 0.25) is 0 Å². The van der Waals surface area contributed by atoms with Gasteiger partial charge in [-0.25, -0.2) is 8.42 Å². The van der Waals surface area contributed by atoms with Crippen LogP contribution in [-0.4, -0.2) is 63.6 Å². The fraction of sp³-hybridized carbons (Fsp3) is 0.267. The molecular formula is C30H34N4O4S. The highest BCUT2D eigenvalue weighted by atomic mass is 32.2. The Labute approximate surface area is 230 Å². The van der Waals surface area contributed by atoms with Gasteiger partial charge in [0, 0.05) is 49.5 Å². The van der Waals surface area contributed by atoms with E-state index in [1.54, 1.807) is 42.5 Å². The molecule has 9 heteroatoms. The third-order valence-corrected chi connectivity index (χ3v) is 7.92. The molecule has 3 aromatic rings. The van der Waals surface area contributed by atoms with Gasteiger partial charge < -0.3 is 9.64 Å². The molecule has 0 radical (unpaired) electrons. The average Bonchev–Trinajstić information content (AvgIpc) is 2.94. The molecule has 3 aromatic carbocycles. The minimum Gasteiger partial charge on any atom is -0.494 e. The third-order valence-electron chi connectivity index (χ3n) is 6.51. The topological polar surface area (TPSA) is 91.3 Å². The zero-order chi connectivity index (χ0) is 27.8. The van der Waals surface area contributed by atoms with Crippen LogP contribution in [0.25, 0.3) is 6.08 Å². The van der Waals surface area contributed by atoms with Gasteiger partial charge in [-0.1, -0.05) is 36.4 Å². The van der Waals surface area contributed by atoms with Gasteiger partial charge in [0.05, 0.1) is 12.3 Å². The smallest absolute Gasteiger partial charge is 0.264 e. The van der Waals surface area contributed by atoms with Crippen LogP contribution in [-0.2, 0) is 16.6 Å². The number of allylic oxidation sites excluding steroid dienone is 1. The number of carbonyl (C=O) groups excluding carboxylic acids is 1. The predicted octanol–water partition coefficient (Wildman–Crippen LogP) is 5.21. The number of amides is 1. The van der Waals surface area contributed by atoms with Gasteiger partial charge in [-0.05, 0) is 68.6 Å². The van der Waals surface area contributed by atoms with Crippen LogP contribution in [0.3, 0.4) is 0 Å². The molecule has 204 valence electrons. The minimum absolute atomic E-state index is 0.0383. The van der Waals surface area contributed by atoms with Crippen LogP contribution in [0.15, 0.2) is 82.7 Å². The van der Waals surface area contributed by atoms with E-state index in [-0.39, 0.29) is 16.5 Å². The van der Waals surface area contributed by atoms with Crippen molar-refractivity contribution in [1.29, 1.82) is 0 Å². The number of hydrogen-bond donors (Lipinski definition) is 1. The van der Waals surface area contributed by atoms with Crippen LogP contribution in [0.4, 0.5) is 11.4 Å². The number of aliphatic imine (C=N–C) groups is 1. The van der Waals surface area contributed by atoms with Crippen molar-refractivity contribution in [3.8, 4) is 5.75 Å². The molecule has 4 rings (SSSR count). The Morgan fingerprint density at radius 1 is 1.03 bits per heavy atom. The molecular weight excluding hydrogens is 512 g/mol. The largest absolute Gasteiger partial charge is 0.494 e. The van der Waals surface area contributed by atoms with Gasteiger partial charge in [0.15, 0.2) is 0 Å². The minimum atomic E-state index is -3.91. The number of nitrogens with one attached hydrogen (secondary N) is 1. The van der Waals surface area contributed by atoms with Crippen molar-refractivity contribution >= 4 is 40.1 Å². The summed E-state index contributed by atoms with van der Waals surface area (Å²) in [6.07, 6.45) is 3.59. The van der Waals surface area contributed by atoms with Gasteiger partial charge in [-0.3, -0.25) is 19.4 Å². The SMILES string of the molecule is C=Nc1c(/C=C\C)cccc1S(=O)(=O)Nc1ccc(C(=O)N2CCN(Cc3ccc(OCC)cc3)CC2)cc1. The molecule has 0 spiro atoms. The molecule has 1 saturated heterocycles. The fourth-order valence-electron chi connectivity index (χ4n) is 4.54. The maximum absolute atomic E-state index is 13.1. The molecule has 1 aliphatic heterocycles. The lowest BCUT2D eigenvalue weighted by atomic mass is 10.1. The van der Waals surface area contributed by atoms with E-state index in [1.807, 2.05) is 37.0 Å². The first-order chi connectivity index (χ1) is 18.8. The molecule has 0 saturated carbocycles. The summed E-state index contributed by atoms with van der Waals surface area (Å²) in [5.74, 6) is 0.801. The molecule has 0 bridgehead atoms. The number of hydrogen-bond acceptors (Lipinski definition) is 6. The van der Waals surface area contributed by atoms with Crippen LogP contribution < -0.4 is 9.46 Å². The Hall–Kier alpha value is -3.95. The van der Waals surface area contributed by atoms with Gasteiger partial charge in [-0.15, -0.1) is 0 Å². The molecule has 1 amide bonds. The summed E-state index contributed by atoms with van der Waals surface area (Å²) in [4.78, 5) is 21.2. The van der Waals surface area contributed by atoms with Gasteiger partial charge >= 0.3 is 0 Å². The van der Waals surface area contributed by atoms with Crippen molar-refractivity contribution in [1.82, 2.24) is 9.80 Å². The highest BCUT2D eigenvalue weighted by molar-refractivity contribution is 7.92. The Balaban J connectivity index is 1.35. The zero-order valence-corrected chi connectivity index (χ0v) is 23.2. The molecule has 8 nitrogen and oxygen atoms in total. The number of ether oxygens (including phenoxy) is 1. The first kappa shape index (κ1) is 28.1. The molecule has 39 heavy (non-hydrogen) atoms. The van der Waals surface area contributed by atoms with E-state index < -0.39 is 10.0 Å². The van der Waals surface area contributed by atoms with E-state index in [1.165, 1.54) is 11.6 Å². The Morgan fingerprint density at radius 3 is 2.33 bits per heavy atom. The Kier molecular flexibility index (Phi) is 9.16. The molecule has 0 atom stereocenters. The summed E-state index contributed by atoms with van der Waals surface area (Å²) in [7, 11) is -3.91. The molecule has 1 heterocycles. The van der Waals surface area contributed by atoms with Crippen LogP contribution in [0.1, 0.15) is 35.3 Å². The van der Waals surface area contributed by atoms with E-state index in [0.717, 1.165) is 25.4 Å². The predicted molar refractivity (Wildman–Crippen MR) is 156 cm³/mol. The lowest BCUT2D eigenvalue weighted by molar-refractivity contribution is 0.0628. The molecule has 0 aliphatic carbocycles. The summed E-state index contributed by atoms with van der Waals surface area (Å²) in [6.45, 7) is 11.6. The summed E-state index contributed by atoms with van der Waals surface area (Å²) in [5.41, 5.74) is 3.04. The monoisotopic (exact) mass is 546 g/mol. The third kappa shape index (κ3) is 6.93. The molecule has 0 aromatic heterocycles. The Morgan fingerprint density at radius 2 is 1.72 bits per heavy atom. The fourth-order valence-corrected chi connectivity index (χ4v) is 5.79. The van der Waals surface area contributed by atoms with E-state index in [9.17, 15) is 13.2 Å². The van der Waals surface area contributed by atoms with E-state index in [0.29, 0.717) is 36.5 Å². The summed E-state index contributed by atoms with van der Waals surface area (Å²) in [6, 6.07) is 19.6. The second-order valence-electron chi connectivity index (χ2n) is 9.18. The summed E-state index contributed by atoms with van der Waals surface area (Å²) < 4.78 is 34.3. The van der Waals surface area contributed by atoms with Crippen LogP contribution in [0.5, 0.6) is 5.75 Å². The van der Waals surface area contributed by atoms with Crippen molar-refractivity contribution in [3.63, 3.8) is 0 Å². The standard InChI is InChI=1S/C30H34N4O4S/c1-4-7-24-8-6-9-28(29(24)31-3)39(36,37)32-26-14-12-25(13-15-26)30(35)34-20-18-33(19-21-34)22-23-10-16-27(17-11-23)38-5-2/h4,6-17,32H,3,5,18-22H2,1-2H3/b7-4-. The van der Waals surface area contributed by atoms with Crippen molar-refractivity contribution in [3.05, 3.63) is 89.5 Å². The van der Waals surface area contributed by atoms with Gasteiger partial charge in [-0.2, -0.15) is 0 Å². The van der Waals surface area contributed by atoms with Crippen molar-refractivity contribution in [2.75, 3.05) is 37.5 Å². The van der Waals surface area contributed by atoms with E-state index >= 15 is 0 Å². The Bertz CT molecular complexity index is 1430. The summed E-state index contributed by atoms with van der Waals surface area (Å²) >= 11 is 0. The maximum Gasteiger partial charge on any atom is 0.264 e. The van der Waals surface area contributed by atoms with Gasteiger partial charge in [0.2, 0.25) is 0 Å². The van der Waals surface area contributed by atoms with Crippen LogP contribution in [0, 0.1) is 0 Å². The zero-order valence-electron chi connectivity index (χ0n) is 22.3. The van der Waals surface area contributed by atoms with Crippen molar-refractivity contribution in [2.45, 2.75) is 25.3 Å². The second kappa shape index (κ2) is 12.7. The number of para-hydroxylation sites is 1. The molecule has 1 aliphatic rings. The lowest BCUT2D eigenvalue weighted by Crippen LogP contribution is -2.48. The highest BCUT2D eigenvalue weighted by Crippen LogP contribution is 2.30. The van der Waals surface area contributed by atoms with Gasteiger partial charge in [0.1, 0.15) is 10.6 Å². The van der Waals surface area contributed by atoms with Crippen molar-refractivity contribution in [2.24, 2.45) is 4.99 Å². The summed E-state index contributed by atoms with van der Waals surface area (Å²) in [5, 5.41) is 0. The first-order valence-corrected chi connectivity index (χ1v) is 14.4. The van der Waals surface area contributed by atoms with Crippen LogP contribution >= 0.6 is 0 Å². The average molecular weight is 547 g/mol. The van der Waals surface area contributed by atoms with E-state index in [4.69, 9.17) is 4.74 Å².